The fourth-order valence-electron chi connectivity index (χ4n) is 0.850. The largest absolute Gasteiger partial charge is 0.465 e. The molecule has 1 aromatic heterocycles. The lowest BCUT2D eigenvalue weighted by Crippen LogP contribution is -2.07. The minimum absolute atomic E-state index is 0.0305. The molecule has 0 aliphatic heterocycles. The lowest BCUT2D eigenvalue weighted by Gasteiger charge is -2.02. The maximum absolute atomic E-state index is 11.1. The third-order valence-corrected chi connectivity index (χ3v) is 1.50. The van der Waals surface area contributed by atoms with Crippen LogP contribution in [0, 0.1) is 11.3 Å². The second-order valence-electron chi connectivity index (χ2n) is 2.22. The van der Waals surface area contributed by atoms with Crippen LogP contribution in [0.2, 0.25) is 0 Å². The van der Waals surface area contributed by atoms with Gasteiger partial charge in [-0.3, -0.25) is 0 Å². The van der Waals surface area contributed by atoms with Crippen LogP contribution in [-0.4, -0.2) is 18.1 Å². The van der Waals surface area contributed by atoms with Crippen molar-refractivity contribution in [2.75, 3.05) is 12.8 Å². The van der Waals surface area contributed by atoms with E-state index in [1.54, 1.807) is 6.07 Å². The molecule has 0 spiro atoms. The molecule has 0 amide bonds. The van der Waals surface area contributed by atoms with Gasteiger partial charge in [0.1, 0.15) is 6.07 Å². The minimum atomic E-state index is -0.573. The van der Waals surface area contributed by atoms with Gasteiger partial charge >= 0.3 is 5.97 Å². The van der Waals surface area contributed by atoms with Crippen LogP contribution in [0.25, 0.3) is 0 Å². The molecule has 1 aromatic rings. The molecule has 0 aliphatic rings. The second-order valence-corrected chi connectivity index (χ2v) is 2.22. The van der Waals surface area contributed by atoms with Crippen LogP contribution in [0.3, 0.4) is 0 Å². The first-order valence-corrected chi connectivity index (χ1v) is 3.43. The smallest absolute Gasteiger partial charge is 0.340 e. The van der Waals surface area contributed by atoms with Crippen molar-refractivity contribution >= 4 is 11.7 Å². The Kier molecular flexibility index (Phi) is 2.45. The van der Waals surface area contributed by atoms with Crippen molar-refractivity contribution in [3.63, 3.8) is 0 Å². The molecule has 0 saturated heterocycles. The van der Waals surface area contributed by atoms with Crippen molar-refractivity contribution in [2.24, 2.45) is 0 Å². The number of rotatable bonds is 1. The third-order valence-electron chi connectivity index (χ3n) is 1.50. The number of hydrogen-bond acceptors (Lipinski definition) is 5. The Morgan fingerprint density at radius 1 is 1.77 bits per heavy atom. The quantitative estimate of drug-likeness (QED) is 0.624. The van der Waals surface area contributed by atoms with Crippen LogP contribution in [0.4, 0.5) is 5.69 Å². The summed E-state index contributed by atoms with van der Waals surface area (Å²) >= 11 is 0. The summed E-state index contributed by atoms with van der Waals surface area (Å²) in [6.45, 7) is 0. The number of hydrogen-bond donors (Lipinski definition) is 1. The van der Waals surface area contributed by atoms with Crippen molar-refractivity contribution < 1.29 is 9.53 Å². The molecule has 13 heavy (non-hydrogen) atoms. The number of carbonyl (C=O) groups is 1. The molecule has 0 aromatic carbocycles. The predicted molar refractivity (Wildman–Crippen MR) is 44.7 cm³/mol. The number of aromatic nitrogens is 1. The van der Waals surface area contributed by atoms with Crippen LogP contribution in [0.15, 0.2) is 12.3 Å². The van der Waals surface area contributed by atoms with E-state index in [0.717, 1.165) is 0 Å². The fourth-order valence-corrected chi connectivity index (χ4v) is 0.850. The summed E-state index contributed by atoms with van der Waals surface area (Å²) in [5.41, 5.74) is 5.73. The summed E-state index contributed by atoms with van der Waals surface area (Å²) < 4.78 is 4.46. The molecule has 66 valence electrons. The van der Waals surface area contributed by atoms with Gasteiger partial charge in [0.15, 0.2) is 5.69 Å². The van der Waals surface area contributed by atoms with E-state index in [4.69, 9.17) is 11.0 Å². The molecule has 0 bridgehead atoms. The number of carbonyl (C=O) groups excluding carboxylic acids is 1. The van der Waals surface area contributed by atoms with Crippen molar-refractivity contribution in [3.05, 3.63) is 23.5 Å². The molecule has 0 unspecified atom stereocenters. The summed E-state index contributed by atoms with van der Waals surface area (Å²) in [5, 5.41) is 8.55. The molecule has 0 saturated carbocycles. The predicted octanol–water partition coefficient (Wildman–Crippen LogP) is 0.322. The highest BCUT2D eigenvalue weighted by Crippen LogP contribution is 2.14. The van der Waals surface area contributed by atoms with Gasteiger partial charge in [-0.15, -0.1) is 0 Å². The second kappa shape index (κ2) is 3.54. The average Bonchev–Trinajstić information content (AvgIpc) is 2.17. The zero-order valence-electron chi connectivity index (χ0n) is 6.94. The highest BCUT2D eigenvalue weighted by atomic mass is 16.5. The topological polar surface area (TPSA) is 89.0 Å². The zero-order chi connectivity index (χ0) is 9.84. The van der Waals surface area contributed by atoms with E-state index < -0.39 is 5.97 Å². The van der Waals surface area contributed by atoms with Gasteiger partial charge < -0.3 is 10.5 Å². The monoisotopic (exact) mass is 177 g/mol. The van der Waals surface area contributed by atoms with Crippen molar-refractivity contribution in [1.29, 1.82) is 5.26 Å². The van der Waals surface area contributed by atoms with Gasteiger partial charge in [-0.25, -0.2) is 9.78 Å². The Balaban J connectivity index is 3.25. The van der Waals surface area contributed by atoms with Gasteiger partial charge in [0, 0.05) is 6.20 Å². The van der Waals surface area contributed by atoms with Crippen molar-refractivity contribution in [3.8, 4) is 6.07 Å². The first-order chi connectivity index (χ1) is 6.20. The zero-order valence-corrected chi connectivity index (χ0v) is 6.94. The SMILES string of the molecule is COC(=O)c1ccnc(C#N)c1N. The summed E-state index contributed by atoms with van der Waals surface area (Å²) in [7, 11) is 1.24. The Hall–Kier alpha value is -2.09. The Labute approximate surface area is 74.8 Å². The van der Waals surface area contributed by atoms with Gasteiger partial charge in [0.05, 0.1) is 18.4 Å². The fraction of sp³-hybridized carbons (Fsp3) is 0.125. The van der Waals surface area contributed by atoms with Crippen molar-refractivity contribution in [1.82, 2.24) is 4.98 Å². The Morgan fingerprint density at radius 2 is 2.46 bits per heavy atom. The van der Waals surface area contributed by atoms with E-state index in [1.807, 2.05) is 0 Å². The van der Waals surface area contributed by atoms with Gasteiger partial charge in [-0.05, 0) is 6.07 Å². The van der Waals surface area contributed by atoms with Crippen LogP contribution < -0.4 is 5.73 Å². The number of nitriles is 1. The molecule has 0 fully saturated rings. The van der Waals surface area contributed by atoms with Gasteiger partial charge in [0.25, 0.3) is 0 Å². The number of nitrogens with zero attached hydrogens (tertiary/aromatic N) is 2. The van der Waals surface area contributed by atoms with E-state index in [-0.39, 0.29) is 16.9 Å². The molecular weight excluding hydrogens is 170 g/mol. The number of nitrogens with two attached hydrogens (primary N) is 1. The lowest BCUT2D eigenvalue weighted by molar-refractivity contribution is 0.0602. The molecule has 0 aliphatic carbocycles. The van der Waals surface area contributed by atoms with E-state index in [9.17, 15) is 4.79 Å². The molecule has 1 heterocycles. The molecule has 0 radical (unpaired) electrons. The number of anilines is 1. The van der Waals surface area contributed by atoms with Gasteiger partial charge in [-0.1, -0.05) is 0 Å². The van der Waals surface area contributed by atoms with Crippen LogP contribution in [0.1, 0.15) is 16.1 Å². The maximum atomic E-state index is 11.1. The van der Waals surface area contributed by atoms with E-state index in [0.29, 0.717) is 0 Å². The Bertz CT molecular complexity index is 381. The van der Waals surface area contributed by atoms with E-state index in [1.165, 1.54) is 19.4 Å². The molecule has 5 heteroatoms. The van der Waals surface area contributed by atoms with Crippen LogP contribution in [0.5, 0.6) is 0 Å². The lowest BCUT2D eigenvalue weighted by atomic mass is 10.2. The maximum Gasteiger partial charge on any atom is 0.340 e. The van der Waals surface area contributed by atoms with Gasteiger partial charge in [0.2, 0.25) is 0 Å². The molecule has 5 nitrogen and oxygen atoms in total. The molecule has 0 atom stereocenters. The summed E-state index contributed by atoms with van der Waals surface area (Å²) in [6.07, 6.45) is 1.33. The first kappa shape index (κ1) is 9.00. The summed E-state index contributed by atoms with van der Waals surface area (Å²) in [4.78, 5) is 14.7. The third kappa shape index (κ3) is 1.56. The van der Waals surface area contributed by atoms with Crippen LogP contribution in [-0.2, 0) is 4.74 Å². The normalized spacial score (nSPS) is 8.92. The van der Waals surface area contributed by atoms with Gasteiger partial charge in [-0.2, -0.15) is 5.26 Å². The minimum Gasteiger partial charge on any atom is -0.465 e. The van der Waals surface area contributed by atoms with Crippen molar-refractivity contribution in [2.45, 2.75) is 0 Å². The van der Waals surface area contributed by atoms with Crippen LogP contribution >= 0.6 is 0 Å². The molecule has 2 N–H and O–H groups in total. The summed E-state index contributed by atoms with van der Waals surface area (Å²) in [5.74, 6) is -0.573. The Morgan fingerprint density at radius 3 is 3.00 bits per heavy atom. The number of ether oxygens (including phenoxy) is 1. The van der Waals surface area contributed by atoms with E-state index in [2.05, 4.69) is 9.72 Å². The standard InChI is InChI=1S/C8H7N3O2/c1-13-8(12)5-2-3-11-6(4-9)7(5)10/h2-3H,10H2,1H3. The van der Waals surface area contributed by atoms with E-state index >= 15 is 0 Å². The number of esters is 1. The number of pyridine rings is 1. The molecular formula is C8H7N3O2. The highest BCUT2D eigenvalue weighted by Gasteiger charge is 2.12. The summed E-state index contributed by atoms with van der Waals surface area (Å²) in [6, 6.07) is 3.18. The first-order valence-electron chi connectivity index (χ1n) is 3.43. The number of methoxy groups -OCH3 is 1. The molecule has 1 rings (SSSR count). The average molecular weight is 177 g/mol. The number of nitrogen functional groups attached to an aromatic ring is 1. The highest BCUT2D eigenvalue weighted by molar-refractivity contribution is 5.95.